The van der Waals surface area contributed by atoms with Crippen LogP contribution in [0, 0.1) is 11.3 Å². The summed E-state index contributed by atoms with van der Waals surface area (Å²) in [5.74, 6) is 0.702. The van der Waals surface area contributed by atoms with Crippen LogP contribution in [-0.2, 0) is 19.6 Å². The molecule has 3 aromatic carbocycles. The predicted octanol–water partition coefficient (Wildman–Crippen LogP) is 5.31. The summed E-state index contributed by atoms with van der Waals surface area (Å²) in [5.41, 5.74) is 3.44. The number of rotatable bonds is 7. The minimum absolute atomic E-state index is 0.298. The van der Waals surface area contributed by atoms with E-state index in [2.05, 4.69) is 16.7 Å². The monoisotopic (exact) mass is 405 g/mol. The molecule has 0 heterocycles. The van der Waals surface area contributed by atoms with E-state index in [4.69, 9.17) is 21.6 Å². The normalized spacial score (nSPS) is 10.1. The Kier molecular flexibility index (Phi) is 7.10. The molecule has 6 heteroatoms. The van der Waals surface area contributed by atoms with E-state index >= 15 is 0 Å². The molecule has 0 radical (unpaired) electrons. The Bertz CT molecular complexity index is 996. The summed E-state index contributed by atoms with van der Waals surface area (Å²) >= 11 is 5.87. The van der Waals surface area contributed by atoms with Crippen molar-refractivity contribution in [2.24, 2.45) is 0 Å². The third kappa shape index (κ3) is 6.27. The SMILES string of the molecule is N#CCc1ccc(OCc2ccccc2NC(=O)NCc2ccc(Cl)cc2)cc1. The number of nitrogens with one attached hydrogen (secondary N) is 2. The number of nitriles is 1. The highest BCUT2D eigenvalue weighted by Crippen LogP contribution is 2.19. The molecule has 0 aromatic heterocycles. The quantitative estimate of drug-likeness (QED) is 0.559. The van der Waals surface area contributed by atoms with Crippen LogP contribution in [0.3, 0.4) is 0 Å². The number of carbonyl (C=O) groups excluding carboxylic acids is 1. The maximum atomic E-state index is 12.3. The number of halogens is 1. The number of nitrogens with zero attached hydrogens (tertiary/aromatic N) is 1. The van der Waals surface area contributed by atoms with Crippen molar-refractivity contribution in [3.63, 3.8) is 0 Å². The van der Waals surface area contributed by atoms with E-state index in [9.17, 15) is 4.79 Å². The van der Waals surface area contributed by atoms with Crippen molar-refractivity contribution in [2.75, 3.05) is 5.32 Å². The van der Waals surface area contributed by atoms with Crippen molar-refractivity contribution in [1.82, 2.24) is 5.32 Å². The minimum Gasteiger partial charge on any atom is -0.489 e. The maximum Gasteiger partial charge on any atom is 0.319 e. The van der Waals surface area contributed by atoms with Gasteiger partial charge in [0.05, 0.1) is 12.5 Å². The third-order valence-corrected chi connectivity index (χ3v) is 4.48. The van der Waals surface area contributed by atoms with E-state index < -0.39 is 0 Å². The molecular weight excluding hydrogens is 386 g/mol. The topological polar surface area (TPSA) is 74.1 Å². The van der Waals surface area contributed by atoms with Crippen LogP contribution >= 0.6 is 11.6 Å². The van der Waals surface area contributed by atoms with Gasteiger partial charge in [-0.3, -0.25) is 0 Å². The summed E-state index contributed by atoms with van der Waals surface area (Å²) in [6.07, 6.45) is 0.373. The number of anilines is 1. The lowest BCUT2D eigenvalue weighted by atomic mass is 10.1. The van der Waals surface area contributed by atoms with Crippen LogP contribution in [0.1, 0.15) is 16.7 Å². The molecule has 3 rings (SSSR count). The van der Waals surface area contributed by atoms with Gasteiger partial charge in [-0.2, -0.15) is 5.26 Å². The van der Waals surface area contributed by atoms with E-state index in [0.717, 1.165) is 16.7 Å². The molecule has 0 aliphatic rings. The van der Waals surface area contributed by atoms with Gasteiger partial charge in [-0.15, -0.1) is 0 Å². The molecule has 0 saturated carbocycles. The Morgan fingerprint density at radius 2 is 1.66 bits per heavy atom. The van der Waals surface area contributed by atoms with E-state index in [1.165, 1.54) is 0 Å². The van der Waals surface area contributed by atoms with Gasteiger partial charge in [0.1, 0.15) is 12.4 Å². The molecule has 0 saturated heterocycles. The van der Waals surface area contributed by atoms with Gasteiger partial charge in [-0.1, -0.05) is 54.1 Å². The first-order chi connectivity index (χ1) is 14.1. The molecule has 0 unspecified atom stereocenters. The van der Waals surface area contributed by atoms with Gasteiger partial charge in [0, 0.05) is 22.8 Å². The number of hydrogen-bond donors (Lipinski definition) is 2. The molecule has 0 fully saturated rings. The largest absolute Gasteiger partial charge is 0.489 e. The zero-order chi connectivity index (χ0) is 20.5. The number of urea groups is 1. The Morgan fingerprint density at radius 3 is 2.38 bits per heavy atom. The highest BCUT2D eigenvalue weighted by molar-refractivity contribution is 6.30. The van der Waals surface area contributed by atoms with E-state index in [-0.39, 0.29) is 6.03 Å². The molecule has 2 amide bonds. The molecule has 0 atom stereocenters. The van der Waals surface area contributed by atoms with Crippen LogP contribution in [-0.4, -0.2) is 6.03 Å². The first-order valence-corrected chi connectivity index (χ1v) is 9.48. The fourth-order valence-corrected chi connectivity index (χ4v) is 2.80. The van der Waals surface area contributed by atoms with Crippen LogP contribution in [0.5, 0.6) is 5.75 Å². The first kappa shape index (κ1) is 20.2. The van der Waals surface area contributed by atoms with Gasteiger partial charge in [0.15, 0.2) is 0 Å². The van der Waals surface area contributed by atoms with Crippen LogP contribution < -0.4 is 15.4 Å². The average Bonchev–Trinajstić information content (AvgIpc) is 2.74. The summed E-state index contributed by atoms with van der Waals surface area (Å²) in [5, 5.41) is 15.1. The lowest BCUT2D eigenvalue weighted by molar-refractivity contribution is 0.251. The van der Waals surface area contributed by atoms with Crippen molar-refractivity contribution in [1.29, 1.82) is 5.26 Å². The Morgan fingerprint density at radius 1 is 0.966 bits per heavy atom. The van der Waals surface area contributed by atoms with Gasteiger partial charge in [0.25, 0.3) is 0 Å². The van der Waals surface area contributed by atoms with Crippen molar-refractivity contribution in [3.05, 3.63) is 94.5 Å². The van der Waals surface area contributed by atoms with Gasteiger partial charge >= 0.3 is 6.03 Å². The van der Waals surface area contributed by atoms with Gasteiger partial charge in [0.2, 0.25) is 0 Å². The van der Waals surface area contributed by atoms with Crippen LogP contribution in [0.2, 0.25) is 5.02 Å². The minimum atomic E-state index is -0.298. The summed E-state index contributed by atoms with van der Waals surface area (Å²) in [6.45, 7) is 0.710. The zero-order valence-electron chi connectivity index (χ0n) is 15.7. The number of benzene rings is 3. The van der Waals surface area contributed by atoms with Crippen molar-refractivity contribution in [2.45, 2.75) is 19.6 Å². The average molecular weight is 406 g/mol. The van der Waals surface area contributed by atoms with Crippen molar-refractivity contribution in [3.8, 4) is 11.8 Å². The second-order valence-electron chi connectivity index (χ2n) is 6.36. The summed E-state index contributed by atoms with van der Waals surface area (Å²) < 4.78 is 5.82. The van der Waals surface area contributed by atoms with Crippen LogP contribution in [0.25, 0.3) is 0 Å². The van der Waals surface area contributed by atoms with Gasteiger partial charge < -0.3 is 15.4 Å². The zero-order valence-corrected chi connectivity index (χ0v) is 16.4. The van der Waals surface area contributed by atoms with Crippen molar-refractivity contribution >= 4 is 23.3 Å². The molecular formula is C23H20ClN3O2. The Balaban J connectivity index is 1.56. The standard InChI is InChI=1S/C23H20ClN3O2/c24-20-9-5-18(6-10-20)15-26-23(28)27-22-4-2-1-3-19(22)16-29-21-11-7-17(8-12-21)13-14-25/h1-12H,13,15-16H2,(H2,26,27,28). The fourth-order valence-electron chi connectivity index (χ4n) is 2.68. The summed E-state index contributed by atoms with van der Waals surface area (Å²) in [7, 11) is 0. The maximum absolute atomic E-state index is 12.3. The molecule has 29 heavy (non-hydrogen) atoms. The highest BCUT2D eigenvalue weighted by atomic mass is 35.5. The number of carbonyl (C=O) groups is 1. The lowest BCUT2D eigenvalue weighted by Gasteiger charge is -2.13. The second-order valence-corrected chi connectivity index (χ2v) is 6.80. The molecule has 0 aliphatic heterocycles. The lowest BCUT2D eigenvalue weighted by Crippen LogP contribution is -2.28. The molecule has 0 aliphatic carbocycles. The smallest absolute Gasteiger partial charge is 0.319 e. The fraction of sp³-hybridized carbons (Fsp3) is 0.130. The van der Waals surface area contributed by atoms with Crippen molar-refractivity contribution < 1.29 is 9.53 Å². The number of para-hydroxylation sites is 1. The molecule has 0 bridgehead atoms. The Labute approximate surface area is 174 Å². The van der Waals surface area contributed by atoms with Gasteiger partial charge in [-0.05, 0) is 41.5 Å². The summed E-state index contributed by atoms with van der Waals surface area (Å²) in [6, 6.07) is 24.0. The van der Waals surface area contributed by atoms with E-state index in [1.54, 1.807) is 12.1 Å². The molecule has 0 spiro atoms. The molecule has 3 aromatic rings. The predicted molar refractivity (Wildman–Crippen MR) is 114 cm³/mol. The van der Waals surface area contributed by atoms with Gasteiger partial charge in [-0.25, -0.2) is 4.79 Å². The molecule has 2 N–H and O–H groups in total. The number of amides is 2. The third-order valence-electron chi connectivity index (χ3n) is 4.23. The number of hydrogen-bond acceptors (Lipinski definition) is 3. The Hall–Kier alpha value is -3.49. The summed E-state index contributed by atoms with van der Waals surface area (Å²) in [4.78, 5) is 12.3. The van der Waals surface area contributed by atoms with Crippen LogP contribution in [0.4, 0.5) is 10.5 Å². The van der Waals surface area contributed by atoms with E-state index in [1.807, 2.05) is 60.7 Å². The van der Waals surface area contributed by atoms with Crippen LogP contribution in [0.15, 0.2) is 72.8 Å². The first-order valence-electron chi connectivity index (χ1n) is 9.10. The molecule has 146 valence electrons. The second kappa shape index (κ2) is 10.2. The number of ether oxygens (including phenoxy) is 1. The van der Waals surface area contributed by atoms with E-state index in [0.29, 0.717) is 36.0 Å². The highest BCUT2D eigenvalue weighted by Gasteiger charge is 2.07. The molecule has 5 nitrogen and oxygen atoms in total.